The van der Waals surface area contributed by atoms with Gasteiger partial charge in [0.05, 0.1) is 0 Å². The molecule has 0 saturated carbocycles. The predicted molar refractivity (Wildman–Crippen MR) is 97.7 cm³/mol. The second kappa shape index (κ2) is 7.36. The average Bonchev–Trinajstić information content (AvgIpc) is 2.54. The van der Waals surface area contributed by atoms with Crippen molar-refractivity contribution in [1.82, 2.24) is 0 Å². The van der Waals surface area contributed by atoms with Crippen LogP contribution in [0.5, 0.6) is 11.5 Å². The van der Waals surface area contributed by atoms with Gasteiger partial charge in [-0.2, -0.15) is 0 Å². The van der Waals surface area contributed by atoms with Crippen LogP contribution in [-0.4, -0.2) is 10.2 Å². The molecule has 0 fully saturated rings. The van der Waals surface area contributed by atoms with E-state index in [0.29, 0.717) is 5.75 Å². The van der Waals surface area contributed by atoms with Crippen molar-refractivity contribution in [3.8, 4) is 11.5 Å². The van der Waals surface area contributed by atoms with Gasteiger partial charge in [-0.05, 0) is 70.9 Å². The highest BCUT2D eigenvalue weighted by atomic mass is 16.3. The Kier molecular flexibility index (Phi) is 5.49. The fourth-order valence-electron chi connectivity index (χ4n) is 3.05. The van der Waals surface area contributed by atoms with Crippen molar-refractivity contribution < 1.29 is 10.2 Å². The smallest absolute Gasteiger partial charge is 0.119 e. The molecule has 0 radical (unpaired) electrons. The van der Waals surface area contributed by atoms with Gasteiger partial charge in [0.25, 0.3) is 0 Å². The van der Waals surface area contributed by atoms with Crippen LogP contribution in [0, 0.1) is 0 Å². The monoisotopic (exact) mass is 310 g/mol. The average molecular weight is 310 g/mol. The first-order valence-corrected chi connectivity index (χ1v) is 8.32. The zero-order valence-corrected chi connectivity index (χ0v) is 14.4. The number of aromatic hydroxyl groups is 2. The summed E-state index contributed by atoms with van der Waals surface area (Å²) in [4.78, 5) is 0. The Morgan fingerprint density at radius 2 is 1.35 bits per heavy atom. The van der Waals surface area contributed by atoms with Crippen molar-refractivity contribution in [2.24, 2.45) is 0 Å². The molecule has 122 valence electrons. The molecule has 0 atom stereocenters. The lowest BCUT2D eigenvalue weighted by molar-refractivity contribution is 0.465. The van der Waals surface area contributed by atoms with Gasteiger partial charge in [0, 0.05) is 0 Å². The Morgan fingerprint density at radius 3 is 1.87 bits per heavy atom. The summed E-state index contributed by atoms with van der Waals surface area (Å²) in [5, 5.41) is 19.6. The lowest BCUT2D eigenvalue weighted by Gasteiger charge is -2.17. The third kappa shape index (κ3) is 3.76. The Morgan fingerprint density at radius 1 is 0.826 bits per heavy atom. The normalized spacial score (nSPS) is 12.4. The molecule has 0 saturated heterocycles. The summed E-state index contributed by atoms with van der Waals surface area (Å²) >= 11 is 0. The molecule has 2 rings (SSSR count). The standard InChI is InChI=1S/C21H26O2/c1-5-18(15-7-10-17(22)11-8-15)19(6-2)16-9-12-21(23)20(13-16)14(3)4/h7-14,22-23H,5-6H2,1-4H3. The van der Waals surface area contributed by atoms with Crippen molar-refractivity contribution in [1.29, 1.82) is 0 Å². The molecule has 2 aromatic carbocycles. The minimum Gasteiger partial charge on any atom is -0.508 e. The Balaban J connectivity index is 2.59. The van der Waals surface area contributed by atoms with Crippen LogP contribution in [0.4, 0.5) is 0 Å². The summed E-state index contributed by atoms with van der Waals surface area (Å²) in [5.74, 6) is 0.933. The summed E-state index contributed by atoms with van der Waals surface area (Å²) in [6.45, 7) is 8.50. The number of hydrogen-bond donors (Lipinski definition) is 2. The van der Waals surface area contributed by atoms with Gasteiger partial charge in [-0.1, -0.05) is 45.9 Å². The van der Waals surface area contributed by atoms with E-state index in [9.17, 15) is 10.2 Å². The topological polar surface area (TPSA) is 40.5 Å². The number of rotatable bonds is 5. The van der Waals surface area contributed by atoms with E-state index in [2.05, 4.69) is 33.8 Å². The van der Waals surface area contributed by atoms with Crippen molar-refractivity contribution in [2.75, 3.05) is 0 Å². The first-order valence-electron chi connectivity index (χ1n) is 8.32. The third-order valence-corrected chi connectivity index (χ3v) is 4.29. The maximum Gasteiger partial charge on any atom is 0.119 e. The van der Waals surface area contributed by atoms with E-state index in [1.807, 2.05) is 18.2 Å². The van der Waals surface area contributed by atoms with E-state index < -0.39 is 0 Å². The Bertz CT molecular complexity index is 694. The van der Waals surface area contributed by atoms with Crippen LogP contribution in [0.25, 0.3) is 11.1 Å². The number of allylic oxidation sites excluding steroid dienone is 2. The van der Waals surface area contributed by atoms with Crippen LogP contribution in [0.15, 0.2) is 42.5 Å². The molecule has 0 aliphatic rings. The van der Waals surface area contributed by atoms with Crippen molar-refractivity contribution in [2.45, 2.75) is 46.5 Å². The van der Waals surface area contributed by atoms with Crippen molar-refractivity contribution in [3.63, 3.8) is 0 Å². The second-order valence-corrected chi connectivity index (χ2v) is 6.14. The molecule has 2 heteroatoms. The van der Waals surface area contributed by atoms with Crippen molar-refractivity contribution >= 4 is 11.1 Å². The molecule has 23 heavy (non-hydrogen) atoms. The zero-order valence-electron chi connectivity index (χ0n) is 14.4. The van der Waals surface area contributed by atoms with Crippen LogP contribution in [-0.2, 0) is 0 Å². The van der Waals surface area contributed by atoms with Gasteiger partial charge in [-0.3, -0.25) is 0 Å². The lowest BCUT2D eigenvalue weighted by atomic mass is 9.89. The second-order valence-electron chi connectivity index (χ2n) is 6.14. The summed E-state index contributed by atoms with van der Waals surface area (Å²) in [6, 6.07) is 13.3. The molecular weight excluding hydrogens is 284 g/mol. The fourth-order valence-corrected chi connectivity index (χ4v) is 3.05. The van der Waals surface area contributed by atoms with Gasteiger partial charge < -0.3 is 10.2 Å². The van der Waals surface area contributed by atoms with E-state index in [-0.39, 0.29) is 11.7 Å². The van der Waals surface area contributed by atoms with E-state index in [1.165, 1.54) is 16.7 Å². The number of benzene rings is 2. The largest absolute Gasteiger partial charge is 0.508 e. The minimum absolute atomic E-state index is 0.284. The lowest BCUT2D eigenvalue weighted by Crippen LogP contribution is -1.95. The molecule has 0 amide bonds. The molecule has 0 unspecified atom stereocenters. The van der Waals surface area contributed by atoms with Gasteiger partial charge in [0.1, 0.15) is 11.5 Å². The first-order chi connectivity index (χ1) is 11.0. The van der Waals surface area contributed by atoms with Crippen LogP contribution < -0.4 is 0 Å². The van der Waals surface area contributed by atoms with E-state index >= 15 is 0 Å². The van der Waals surface area contributed by atoms with Gasteiger partial charge >= 0.3 is 0 Å². The maximum atomic E-state index is 10.1. The molecule has 0 heterocycles. The van der Waals surface area contributed by atoms with Gasteiger partial charge in [0.15, 0.2) is 0 Å². The number of hydrogen-bond acceptors (Lipinski definition) is 2. The van der Waals surface area contributed by atoms with Gasteiger partial charge in [-0.15, -0.1) is 0 Å². The van der Waals surface area contributed by atoms with Crippen LogP contribution in [0.3, 0.4) is 0 Å². The quantitative estimate of drug-likeness (QED) is 0.670. The Hall–Kier alpha value is -2.22. The molecule has 0 aliphatic carbocycles. The highest BCUT2D eigenvalue weighted by Gasteiger charge is 2.12. The van der Waals surface area contributed by atoms with Crippen LogP contribution in [0.1, 0.15) is 63.1 Å². The van der Waals surface area contributed by atoms with E-state index in [1.54, 1.807) is 18.2 Å². The van der Waals surface area contributed by atoms with Gasteiger partial charge in [-0.25, -0.2) is 0 Å². The number of phenols is 2. The SMILES string of the molecule is CCC(=C(CC)c1ccc(O)c(C(C)C)c1)c1ccc(O)cc1. The molecular formula is C21H26O2. The van der Waals surface area contributed by atoms with Crippen LogP contribution in [0.2, 0.25) is 0 Å². The predicted octanol–water partition coefficient (Wildman–Crippen LogP) is 5.95. The van der Waals surface area contributed by atoms with E-state index in [4.69, 9.17) is 0 Å². The summed E-state index contributed by atoms with van der Waals surface area (Å²) in [6.07, 6.45) is 1.85. The summed E-state index contributed by atoms with van der Waals surface area (Å²) in [7, 11) is 0. The van der Waals surface area contributed by atoms with Crippen LogP contribution >= 0.6 is 0 Å². The molecule has 2 nitrogen and oxygen atoms in total. The fraction of sp³-hybridized carbons (Fsp3) is 0.333. The van der Waals surface area contributed by atoms with Gasteiger partial charge in [0.2, 0.25) is 0 Å². The highest BCUT2D eigenvalue weighted by molar-refractivity contribution is 5.91. The third-order valence-electron chi connectivity index (χ3n) is 4.29. The molecule has 0 aliphatic heterocycles. The molecule has 2 aromatic rings. The molecule has 2 N–H and O–H groups in total. The van der Waals surface area contributed by atoms with E-state index in [0.717, 1.165) is 24.0 Å². The highest BCUT2D eigenvalue weighted by Crippen LogP contribution is 2.35. The Labute approximate surface area is 139 Å². The minimum atomic E-state index is 0.284. The van der Waals surface area contributed by atoms with Crippen molar-refractivity contribution in [3.05, 3.63) is 59.2 Å². The molecule has 0 spiro atoms. The molecule has 0 aromatic heterocycles. The maximum absolute atomic E-state index is 10.1. The molecule has 0 bridgehead atoms. The zero-order chi connectivity index (χ0) is 17.0. The summed E-state index contributed by atoms with van der Waals surface area (Å²) in [5.41, 5.74) is 5.86. The number of phenolic OH excluding ortho intramolecular Hbond substituents is 2. The summed E-state index contributed by atoms with van der Waals surface area (Å²) < 4.78 is 0. The first kappa shape index (κ1) is 17.1.